The first-order chi connectivity index (χ1) is 13.7. The zero-order valence-corrected chi connectivity index (χ0v) is 16.4. The molecule has 0 saturated carbocycles. The average molecular weight is 396 g/mol. The van der Waals surface area contributed by atoms with Crippen LogP contribution >= 0.6 is 11.8 Å². The fourth-order valence-electron chi connectivity index (χ4n) is 3.30. The standard InChI is InChI=1S/C21H21FN4OS/c1-2-3-8-13-28-21-24-20(27)18-15-10-5-7-12-17(15)23-19(26(18)25-21)14-9-4-6-11-16(14)22/h4-7,9-12,19H,2-3,8,13H2,1H3,(H,24,25,27)/t19-/m0/s1. The summed E-state index contributed by atoms with van der Waals surface area (Å²) >= 11 is 1.51. The Morgan fingerprint density at radius 1 is 1.14 bits per heavy atom. The van der Waals surface area contributed by atoms with Gasteiger partial charge in [-0.2, -0.15) is 0 Å². The maximum atomic E-state index is 14.5. The Balaban J connectivity index is 1.79. The lowest BCUT2D eigenvalue weighted by atomic mass is 10.1. The molecule has 0 radical (unpaired) electrons. The van der Waals surface area contributed by atoms with Gasteiger partial charge in [0.1, 0.15) is 11.5 Å². The van der Waals surface area contributed by atoms with E-state index in [0.29, 0.717) is 27.0 Å². The molecular formula is C21H21FN4OS. The van der Waals surface area contributed by atoms with Crippen LogP contribution in [0.2, 0.25) is 0 Å². The summed E-state index contributed by atoms with van der Waals surface area (Å²) in [7, 11) is 0. The molecule has 0 spiro atoms. The minimum absolute atomic E-state index is 0.239. The number of hydrogen-bond acceptors (Lipinski definition) is 5. The first-order valence-electron chi connectivity index (χ1n) is 9.42. The molecule has 2 aromatic rings. The number of amides is 1. The van der Waals surface area contributed by atoms with E-state index >= 15 is 0 Å². The van der Waals surface area contributed by atoms with Gasteiger partial charge in [-0.15, -0.1) is 5.10 Å². The predicted molar refractivity (Wildman–Crippen MR) is 109 cm³/mol. The van der Waals surface area contributed by atoms with Gasteiger partial charge >= 0.3 is 0 Å². The second kappa shape index (κ2) is 8.14. The van der Waals surface area contributed by atoms with E-state index in [0.717, 1.165) is 25.0 Å². The summed E-state index contributed by atoms with van der Waals surface area (Å²) in [5, 5.41) is 11.0. The van der Waals surface area contributed by atoms with E-state index in [1.165, 1.54) is 17.8 Å². The van der Waals surface area contributed by atoms with Crippen molar-refractivity contribution in [2.24, 2.45) is 10.1 Å². The lowest BCUT2D eigenvalue weighted by Gasteiger charge is -2.34. The summed E-state index contributed by atoms with van der Waals surface area (Å²) in [5.74, 6) is 0.263. The zero-order chi connectivity index (χ0) is 19.5. The number of fused-ring (bicyclic) bond motifs is 2. The number of amidine groups is 1. The van der Waals surface area contributed by atoms with Gasteiger partial charge in [0, 0.05) is 16.5 Å². The lowest BCUT2D eigenvalue weighted by Crippen LogP contribution is -2.50. The van der Waals surface area contributed by atoms with Crippen LogP contribution in [0.4, 0.5) is 4.39 Å². The molecule has 1 atom stereocenters. The molecule has 0 unspecified atom stereocenters. The highest BCUT2D eigenvalue weighted by Crippen LogP contribution is 2.31. The molecule has 2 aliphatic heterocycles. The van der Waals surface area contributed by atoms with Crippen LogP contribution in [0.3, 0.4) is 0 Å². The van der Waals surface area contributed by atoms with Crippen molar-refractivity contribution in [3.63, 3.8) is 0 Å². The normalized spacial score (nSPS) is 18.0. The van der Waals surface area contributed by atoms with Crippen LogP contribution in [-0.2, 0) is 4.79 Å². The van der Waals surface area contributed by atoms with Gasteiger partial charge in [-0.05, 0) is 18.6 Å². The minimum Gasteiger partial charge on any atom is -0.298 e. The average Bonchev–Trinajstić information content (AvgIpc) is 2.71. The van der Waals surface area contributed by atoms with Gasteiger partial charge < -0.3 is 0 Å². The van der Waals surface area contributed by atoms with Crippen molar-refractivity contribution in [2.75, 3.05) is 5.75 Å². The molecule has 2 heterocycles. The molecule has 5 nitrogen and oxygen atoms in total. The van der Waals surface area contributed by atoms with E-state index in [1.807, 2.05) is 24.3 Å². The van der Waals surface area contributed by atoms with E-state index < -0.39 is 6.17 Å². The Bertz CT molecular complexity index is 1050. The molecule has 0 saturated heterocycles. The fourth-order valence-corrected chi connectivity index (χ4v) is 4.15. The second-order valence-corrected chi connectivity index (χ2v) is 7.73. The molecule has 28 heavy (non-hydrogen) atoms. The number of thioether (sulfide) groups is 1. The second-order valence-electron chi connectivity index (χ2n) is 6.65. The molecule has 0 fully saturated rings. The summed E-state index contributed by atoms with van der Waals surface area (Å²) in [5.41, 5.74) is 0.792. The number of halogens is 1. The van der Waals surface area contributed by atoms with Crippen molar-refractivity contribution >= 4 is 28.5 Å². The highest BCUT2D eigenvalue weighted by Gasteiger charge is 2.35. The van der Waals surface area contributed by atoms with Crippen LogP contribution < -0.4 is 15.9 Å². The van der Waals surface area contributed by atoms with Crippen molar-refractivity contribution in [3.8, 4) is 0 Å². The first kappa shape index (κ1) is 18.7. The highest BCUT2D eigenvalue weighted by molar-refractivity contribution is 8.13. The van der Waals surface area contributed by atoms with Crippen LogP contribution in [0.5, 0.6) is 0 Å². The molecule has 2 aliphatic rings. The summed E-state index contributed by atoms with van der Waals surface area (Å²) < 4.78 is 14.5. The number of para-hydroxylation sites is 1. The number of carbonyl (C=O) groups is 1. The molecule has 1 N–H and O–H groups in total. The minimum atomic E-state index is -0.719. The highest BCUT2D eigenvalue weighted by atomic mass is 32.2. The quantitative estimate of drug-likeness (QED) is 0.791. The molecule has 144 valence electrons. The Labute approximate surface area is 167 Å². The number of nitrogens with one attached hydrogen (secondary N) is 1. The van der Waals surface area contributed by atoms with Crippen molar-refractivity contribution < 1.29 is 9.18 Å². The van der Waals surface area contributed by atoms with Gasteiger partial charge in [-0.3, -0.25) is 15.1 Å². The molecule has 2 aromatic carbocycles. The topological polar surface area (TPSA) is 57.1 Å². The van der Waals surface area contributed by atoms with Crippen LogP contribution in [0.15, 0.2) is 58.6 Å². The Kier molecular flexibility index (Phi) is 5.43. The molecule has 0 aliphatic carbocycles. The first-order valence-corrected chi connectivity index (χ1v) is 10.4. The Hall–Kier alpha value is -2.67. The third kappa shape index (κ3) is 3.54. The van der Waals surface area contributed by atoms with Crippen LogP contribution in [-0.4, -0.2) is 21.8 Å². The summed E-state index contributed by atoms with van der Waals surface area (Å²) in [6.07, 6.45) is 2.60. The summed E-state index contributed by atoms with van der Waals surface area (Å²) in [4.78, 5) is 17.6. The van der Waals surface area contributed by atoms with Gasteiger partial charge in [0.2, 0.25) is 0 Å². The van der Waals surface area contributed by atoms with E-state index in [2.05, 4.69) is 17.3 Å². The van der Waals surface area contributed by atoms with E-state index in [4.69, 9.17) is 4.99 Å². The number of hydrogen-bond donors (Lipinski definition) is 1. The van der Waals surface area contributed by atoms with E-state index in [1.54, 1.807) is 23.2 Å². The van der Waals surface area contributed by atoms with Gasteiger partial charge in [0.25, 0.3) is 5.91 Å². The van der Waals surface area contributed by atoms with Crippen LogP contribution in [0.1, 0.15) is 37.9 Å². The van der Waals surface area contributed by atoms with Crippen molar-refractivity contribution in [1.82, 2.24) is 10.3 Å². The van der Waals surface area contributed by atoms with Crippen molar-refractivity contribution in [1.29, 1.82) is 0 Å². The molecule has 0 bridgehead atoms. The van der Waals surface area contributed by atoms with Crippen molar-refractivity contribution in [3.05, 3.63) is 70.5 Å². The van der Waals surface area contributed by atoms with Crippen molar-refractivity contribution in [2.45, 2.75) is 32.4 Å². The number of rotatable bonds is 5. The maximum absolute atomic E-state index is 14.5. The predicted octanol–water partition coefficient (Wildman–Crippen LogP) is 2.89. The molecule has 0 aromatic heterocycles. The maximum Gasteiger partial charge on any atom is 0.276 e. The third-order valence-corrected chi connectivity index (χ3v) is 5.64. The Morgan fingerprint density at radius 3 is 2.75 bits per heavy atom. The number of unbranched alkanes of at least 4 members (excludes halogenated alkanes) is 2. The monoisotopic (exact) mass is 396 g/mol. The van der Waals surface area contributed by atoms with E-state index in [9.17, 15) is 9.18 Å². The molecular weight excluding hydrogens is 375 g/mol. The number of benzene rings is 2. The zero-order valence-electron chi connectivity index (χ0n) is 15.6. The fraction of sp³-hybridized carbons (Fsp3) is 0.286. The number of carbonyl (C=O) groups excluding carboxylic acids is 1. The SMILES string of the molecule is CCCCCSC1=NN2C(=c3ccccc3=N[C@@H]2c2ccccc2F)C(=O)N1. The van der Waals surface area contributed by atoms with Gasteiger partial charge in [0.15, 0.2) is 11.3 Å². The lowest BCUT2D eigenvalue weighted by molar-refractivity contribution is -0.116. The van der Waals surface area contributed by atoms with Crippen LogP contribution in [0, 0.1) is 5.82 Å². The molecule has 1 amide bonds. The van der Waals surface area contributed by atoms with Gasteiger partial charge in [-0.25, -0.2) is 9.40 Å². The van der Waals surface area contributed by atoms with Gasteiger partial charge in [0.05, 0.1) is 5.36 Å². The largest absolute Gasteiger partial charge is 0.298 e. The molecule has 7 heteroatoms. The van der Waals surface area contributed by atoms with E-state index in [-0.39, 0.29) is 11.7 Å². The third-order valence-electron chi connectivity index (χ3n) is 4.69. The number of hydrazone groups is 1. The molecule has 4 rings (SSSR count). The summed E-state index contributed by atoms with van der Waals surface area (Å²) in [6, 6.07) is 13.9. The summed E-state index contributed by atoms with van der Waals surface area (Å²) in [6.45, 7) is 2.15. The smallest absolute Gasteiger partial charge is 0.276 e. The van der Waals surface area contributed by atoms with Crippen LogP contribution in [0.25, 0.3) is 5.70 Å². The Morgan fingerprint density at radius 2 is 1.93 bits per heavy atom. The number of nitrogens with zero attached hydrogens (tertiary/aromatic N) is 3. The van der Waals surface area contributed by atoms with Gasteiger partial charge in [-0.1, -0.05) is 67.9 Å².